The Morgan fingerprint density at radius 3 is 2.65 bits per heavy atom. The van der Waals surface area contributed by atoms with Crippen LogP contribution in [0.15, 0.2) is 24.3 Å². The maximum atomic E-state index is 10.9. The van der Waals surface area contributed by atoms with Gasteiger partial charge in [-0.05, 0) is 31.7 Å². The minimum Gasteiger partial charge on any atom is -0.478 e. The number of nitrogens with zero attached hydrogens (tertiary/aromatic N) is 2. The van der Waals surface area contributed by atoms with E-state index >= 15 is 0 Å². The summed E-state index contributed by atoms with van der Waals surface area (Å²) >= 11 is 0. The van der Waals surface area contributed by atoms with Crippen molar-refractivity contribution in [3.8, 4) is 0 Å². The van der Waals surface area contributed by atoms with Crippen molar-refractivity contribution < 1.29 is 9.90 Å². The average Bonchev–Trinajstić information content (AvgIpc) is 2.38. The van der Waals surface area contributed by atoms with Crippen LogP contribution >= 0.6 is 0 Å². The molecule has 3 aliphatic rings. The van der Waals surface area contributed by atoms with Crippen molar-refractivity contribution >= 4 is 11.7 Å². The van der Waals surface area contributed by atoms with Gasteiger partial charge in [-0.1, -0.05) is 6.07 Å². The normalized spacial score (nSPS) is 27.7. The zero-order valence-electron chi connectivity index (χ0n) is 9.84. The first-order chi connectivity index (χ1) is 8.15. The monoisotopic (exact) mass is 232 g/mol. The predicted molar refractivity (Wildman–Crippen MR) is 65.6 cm³/mol. The first-order valence-electron chi connectivity index (χ1n) is 5.95. The van der Waals surface area contributed by atoms with E-state index in [9.17, 15) is 4.79 Å². The maximum absolute atomic E-state index is 10.9. The van der Waals surface area contributed by atoms with E-state index < -0.39 is 5.97 Å². The Bertz CT molecular complexity index is 448. The van der Waals surface area contributed by atoms with Gasteiger partial charge in [-0.15, -0.1) is 0 Å². The van der Waals surface area contributed by atoms with Gasteiger partial charge in [0.2, 0.25) is 0 Å². The molecule has 0 radical (unpaired) electrons. The zero-order chi connectivity index (χ0) is 12.0. The lowest BCUT2D eigenvalue weighted by atomic mass is 9.88. The number of benzene rings is 1. The van der Waals surface area contributed by atoms with Crippen LogP contribution in [-0.2, 0) is 0 Å². The molecule has 0 amide bonds. The highest BCUT2D eigenvalue weighted by atomic mass is 16.4. The number of likely N-dealkylation sites (N-methyl/N-ethyl adjacent to an activating group) is 1. The number of hydrogen-bond acceptors (Lipinski definition) is 3. The SMILES string of the molecule is CN1C2CC1CN(c1cccc(C(=O)O)c1)C2. The molecule has 0 aromatic heterocycles. The molecule has 0 spiro atoms. The van der Waals surface area contributed by atoms with Crippen LogP contribution in [0.25, 0.3) is 0 Å². The Morgan fingerprint density at radius 2 is 2.06 bits per heavy atom. The number of aromatic carboxylic acids is 1. The highest BCUT2D eigenvalue weighted by Crippen LogP contribution is 2.33. The van der Waals surface area contributed by atoms with E-state index in [1.54, 1.807) is 12.1 Å². The number of hydrogen-bond donors (Lipinski definition) is 1. The van der Waals surface area contributed by atoms with Gasteiger partial charge in [0.1, 0.15) is 0 Å². The number of carboxylic acids is 1. The molecule has 1 N–H and O–H groups in total. The van der Waals surface area contributed by atoms with Gasteiger partial charge in [0.15, 0.2) is 0 Å². The summed E-state index contributed by atoms with van der Waals surface area (Å²) in [4.78, 5) is 15.6. The number of piperidine rings is 1. The molecule has 3 heterocycles. The fourth-order valence-electron chi connectivity index (χ4n) is 2.84. The van der Waals surface area contributed by atoms with Crippen molar-refractivity contribution in [1.29, 1.82) is 0 Å². The summed E-state index contributed by atoms with van der Waals surface area (Å²) in [5.41, 5.74) is 1.41. The molecule has 2 unspecified atom stereocenters. The molecule has 1 aromatic rings. The van der Waals surface area contributed by atoms with Gasteiger partial charge < -0.3 is 10.0 Å². The van der Waals surface area contributed by atoms with Gasteiger partial charge in [-0.25, -0.2) is 4.79 Å². The minimum absolute atomic E-state index is 0.370. The fourth-order valence-corrected chi connectivity index (χ4v) is 2.84. The standard InChI is InChI=1S/C13H16N2O2/c1-14-11-6-12(14)8-15(7-11)10-4-2-3-9(5-10)13(16)17/h2-5,11-12H,6-8H2,1H3,(H,16,17). The van der Waals surface area contributed by atoms with Crippen molar-refractivity contribution in [3.05, 3.63) is 29.8 Å². The number of carbonyl (C=O) groups is 1. The molecular weight excluding hydrogens is 216 g/mol. The van der Waals surface area contributed by atoms with E-state index in [0.717, 1.165) is 18.8 Å². The summed E-state index contributed by atoms with van der Waals surface area (Å²) in [6, 6.07) is 8.51. The molecule has 2 atom stereocenters. The van der Waals surface area contributed by atoms with E-state index in [4.69, 9.17) is 5.11 Å². The van der Waals surface area contributed by atoms with Crippen LogP contribution in [0, 0.1) is 0 Å². The molecule has 4 nitrogen and oxygen atoms in total. The average molecular weight is 232 g/mol. The van der Waals surface area contributed by atoms with Crippen LogP contribution in [0.1, 0.15) is 16.8 Å². The second kappa shape index (κ2) is 3.74. The van der Waals surface area contributed by atoms with Gasteiger partial charge in [-0.2, -0.15) is 0 Å². The lowest BCUT2D eigenvalue weighted by Crippen LogP contribution is -2.67. The summed E-state index contributed by atoms with van der Waals surface area (Å²) in [5.74, 6) is -0.855. The number of carboxylic acid groups (broad SMARTS) is 1. The third-order valence-electron chi connectivity index (χ3n) is 4.02. The second-order valence-corrected chi connectivity index (χ2v) is 4.97. The predicted octanol–water partition coefficient (Wildman–Crippen LogP) is 1.28. The topological polar surface area (TPSA) is 43.8 Å². The smallest absolute Gasteiger partial charge is 0.335 e. The Morgan fingerprint density at radius 1 is 1.35 bits per heavy atom. The highest BCUT2D eigenvalue weighted by molar-refractivity contribution is 5.88. The number of rotatable bonds is 2. The van der Waals surface area contributed by atoms with E-state index in [1.807, 2.05) is 12.1 Å². The van der Waals surface area contributed by atoms with E-state index in [1.165, 1.54) is 6.42 Å². The van der Waals surface area contributed by atoms with E-state index in [-0.39, 0.29) is 0 Å². The number of fused-ring (bicyclic) bond motifs is 2. The summed E-state index contributed by atoms with van der Waals surface area (Å²) in [7, 11) is 2.17. The number of piperazine rings is 1. The summed E-state index contributed by atoms with van der Waals surface area (Å²) in [6.45, 7) is 2.02. The molecule has 17 heavy (non-hydrogen) atoms. The third-order valence-corrected chi connectivity index (χ3v) is 4.02. The van der Waals surface area contributed by atoms with Gasteiger partial charge >= 0.3 is 5.97 Å². The Kier molecular flexibility index (Phi) is 2.33. The van der Waals surface area contributed by atoms with Crippen molar-refractivity contribution in [2.75, 3.05) is 25.0 Å². The van der Waals surface area contributed by atoms with Gasteiger partial charge in [0.25, 0.3) is 0 Å². The van der Waals surface area contributed by atoms with Gasteiger partial charge in [-0.3, -0.25) is 4.90 Å². The van der Waals surface area contributed by atoms with Crippen LogP contribution < -0.4 is 4.90 Å². The lowest BCUT2D eigenvalue weighted by molar-refractivity contribution is 0.0264. The molecule has 0 saturated carbocycles. The lowest BCUT2D eigenvalue weighted by Gasteiger charge is -2.55. The Labute approximate surface area is 100 Å². The van der Waals surface area contributed by atoms with E-state index in [2.05, 4.69) is 16.8 Å². The van der Waals surface area contributed by atoms with E-state index in [0.29, 0.717) is 17.6 Å². The summed E-state index contributed by atoms with van der Waals surface area (Å²) in [6.07, 6.45) is 1.28. The van der Waals surface area contributed by atoms with Gasteiger partial charge in [0, 0.05) is 30.9 Å². The quantitative estimate of drug-likeness (QED) is 0.834. The largest absolute Gasteiger partial charge is 0.478 e. The maximum Gasteiger partial charge on any atom is 0.335 e. The summed E-state index contributed by atoms with van der Waals surface area (Å²) in [5, 5.41) is 8.98. The molecule has 90 valence electrons. The first kappa shape index (κ1) is 10.6. The van der Waals surface area contributed by atoms with Crippen molar-refractivity contribution in [3.63, 3.8) is 0 Å². The molecule has 2 bridgehead atoms. The zero-order valence-corrected chi connectivity index (χ0v) is 9.84. The van der Waals surface area contributed by atoms with Crippen LogP contribution in [0.4, 0.5) is 5.69 Å². The van der Waals surface area contributed by atoms with Crippen LogP contribution in [0.5, 0.6) is 0 Å². The third kappa shape index (κ3) is 1.69. The van der Waals surface area contributed by atoms with Crippen molar-refractivity contribution in [1.82, 2.24) is 4.90 Å². The summed E-state index contributed by atoms with van der Waals surface area (Å²) < 4.78 is 0. The second-order valence-electron chi connectivity index (χ2n) is 4.97. The number of anilines is 1. The Balaban J connectivity index is 1.81. The molecule has 0 aliphatic carbocycles. The molecular formula is C13H16N2O2. The highest BCUT2D eigenvalue weighted by Gasteiger charge is 2.42. The first-order valence-corrected chi connectivity index (χ1v) is 5.95. The van der Waals surface area contributed by atoms with Crippen molar-refractivity contribution in [2.45, 2.75) is 18.5 Å². The van der Waals surface area contributed by atoms with Crippen LogP contribution in [-0.4, -0.2) is 48.2 Å². The van der Waals surface area contributed by atoms with Crippen LogP contribution in [0.2, 0.25) is 0 Å². The van der Waals surface area contributed by atoms with Gasteiger partial charge in [0.05, 0.1) is 5.56 Å². The molecule has 3 aliphatic heterocycles. The molecule has 3 saturated heterocycles. The molecule has 1 aromatic carbocycles. The minimum atomic E-state index is -0.855. The molecule has 4 heteroatoms. The molecule has 3 fully saturated rings. The van der Waals surface area contributed by atoms with Crippen molar-refractivity contribution in [2.24, 2.45) is 0 Å². The fraction of sp³-hybridized carbons (Fsp3) is 0.462. The Hall–Kier alpha value is -1.55. The molecule has 4 rings (SSSR count). The van der Waals surface area contributed by atoms with Crippen LogP contribution in [0.3, 0.4) is 0 Å².